The number of aliphatic hydroxyl groups excluding tert-OH is 1. The van der Waals surface area contributed by atoms with Crippen molar-refractivity contribution in [1.29, 1.82) is 0 Å². The minimum Gasteiger partial charge on any atom is -0.394 e. The highest BCUT2D eigenvalue weighted by Crippen LogP contribution is 2.08. The zero-order valence-electron chi connectivity index (χ0n) is 14.6. The van der Waals surface area contributed by atoms with Crippen molar-refractivity contribution in [2.75, 3.05) is 6.61 Å². The summed E-state index contributed by atoms with van der Waals surface area (Å²) in [6, 6.07) is 1.91. The molecule has 2 atom stereocenters. The molecule has 24 heavy (non-hydrogen) atoms. The van der Waals surface area contributed by atoms with Crippen LogP contribution >= 0.6 is 0 Å². The normalized spacial score (nSPS) is 13.6. The van der Waals surface area contributed by atoms with Crippen LogP contribution in [0.2, 0.25) is 0 Å². The minimum atomic E-state index is -0.735. The van der Waals surface area contributed by atoms with Crippen LogP contribution in [0.25, 0.3) is 0 Å². The average molecular weight is 337 g/mol. The number of carbonyl (C=O) groups excluding carboxylic acids is 3. The Kier molecular flexibility index (Phi) is 7.64. The van der Waals surface area contributed by atoms with Crippen LogP contribution in [0.1, 0.15) is 55.1 Å². The highest BCUT2D eigenvalue weighted by Gasteiger charge is 2.27. The van der Waals surface area contributed by atoms with Crippen molar-refractivity contribution in [2.45, 2.75) is 46.2 Å². The number of aldehydes is 1. The molecule has 0 fully saturated rings. The average Bonchev–Trinajstić information content (AvgIpc) is 2.99. The van der Waals surface area contributed by atoms with Gasteiger partial charge in [0.25, 0.3) is 5.91 Å². The van der Waals surface area contributed by atoms with Crippen LogP contribution in [0.4, 0.5) is 0 Å². The quantitative estimate of drug-likeness (QED) is 0.506. The van der Waals surface area contributed by atoms with Crippen molar-refractivity contribution in [3.63, 3.8) is 0 Å². The second kappa shape index (κ2) is 9.22. The van der Waals surface area contributed by atoms with Gasteiger partial charge in [-0.3, -0.25) is 14.4 Å². The van der Waals surface area contributed by atoms with E-state index in [0.29, 0.717) is 24.3 Å². The van der Waals surface area contributed by atoms with E-state index in [9.17, 15) is 19.5 Å². The molecule has 1 aromatic rings. The van der Waals surface area contributed by atoms with Gasteiger partial charge in [-0.25, -0.2) is 0 Å². The van der Waals surface area contributed by atoms with Gasteiger partial charge in [-0.1, -0.05) is 27.7 Å². The van der Waals surface area contributed by atoms with Crippen LogP contribution in [0.3, 0.4) is 0 Å². The summed E-state index contributed by atoms with van der Waals surface area (Å²) in [4.78, 5) is 38.0. The lowest BCUT2D eigenvalue weighted by molar-refractivity contribution is -0.125. The van der Waals surface area contributed by atoms with Crippen molar-refractivity contribution in [1.82, 2.24) is 15.6 Å². The van der Waals surface area contributed by atoms with E-state index in [1.54, 1.807) is 0 Å². The van der Waals surface area contributed by atoms with Gasteiger partial charge in [0.1, 0.15) is 11.7 Å². The molecule has 0 unspecified atom stereocenters. The number of carbonyl (C=O) groups is 3. The highest BCUT2D eigenvalue weighted by atomic mass is 16.3. The minimum absolute atomic E-state index is 0.132. The number of rotatable bonds is 9. The fourth-order valence-electron chi connectivity index (χ4n) is 2.41. The van der Waals surface area contributed by atoms with Crippen molar-refractivity contribution < 1.29 is 19.5 Å². The lowest BCUT2D eigenvalue weighted by atomic mass is 10.0. The predicted molar refractivity (Wildman–Crippen MR) is 90.7 cm³/mol. The molecule has 134 valence electrons. The number of aromatic amines is 1. The zero-order valence-corrected chi connectivity index (χ0v) is 14.6. The first-order chi connectivity index (χ1) is 11.3. The number of H-pyrrole nitrogens is 1. The Morgan fingerprint density at radius 2 is 1.88 bits per heavy atom. The van der Waals surface area contributed by atoms with Crippen molar-refractivity contribution in [3.05, 3.63) is 23.5 Å². The molecule has 1 aromatic heterocycles. The summed E-state index contributed by atoms with van der Waals surface area (Å²) in [7, 11) is 0. The van der Waals surface area contributed by atoms with Gasteiger partial charge in [0.05, 0.1) is 18.3 Å². The molecule has 4 N–H and O–H groups in total. The molecule has 0 aliphatic carbocycles. The fraction of sp³-hybridized carbons (Fsp3) is 0.588. The van der Waals surface area contributed by atoms with Gasteiger partial charge < -0.3 is 20.7 Å². The van der Waals surface area contributed by atoms with Crippen molar-refractivity contribution in [3.8, 4) is 0 Å². The molecule has 1 rings (SSSR count). The second-order valence-electron chi connectivity index (χ2n) is 6.66. The van der Waals surface area contributed by atoms with E-state index in [2.05, 4.69) is 15.6 Å². The Hall–Kier alpha value is -2.15. The zero-order chi connectivity index (χ0) is 18.3. The Morgan fingerprint density at radius 3 is 2.33 bits per heavy atom. The topological polar surface area (TPSA) is 111 Å². The summed E-state index contributed by atoms with van der Waals surface area (Å²) >= 11 is 0. The van der Waals surface area contributed by atoms with E-state index < -0.39 is 11.9 Å². The molecule has 0 radical (unpaired) electrons. The van der Waals surface area contributed by atoms with E-state index in [1.165, 1.54) is 12.1 Å². The molecule has 1 heterocycles. The van der Waals surface area contributed by atoms with Gasteiger partial charge >= 0.3 is 0 Å². The van der Waals surface area contributed by atoms with E-state index in [1.807, 2.05) is 27.7 Å². The Balaban J connectivity index is 2.76. The fourth-order valence-corrected chi connectivity index (χ4v) is 2.41. The molecule has 0 spiro atoms. The molecule has 0 aliphatic heterocycles. The largest absolute Gasteiger partial charge is 0.394 e. The van der Waals surface area contributed by atoms with Gasteiger partial charge in [-0.2, -0.15) is 0 Å². The standard InChI is InChI=1S/C17H27N3O4/c1-10(2)7-13(9-22)19-17(24)15(11(3)4)20-16(23)14-6-5-12(8-21)18-14/h5-6,8,10-11,13,15,18,22H,7,9H2,1-4H3,(H,19,24)(H,20,23)/t13-,15-/m0/s1. The predicted octanol–water partition coefficient (Wildman–Crippen LogP) is 1.10. The van der Waals surface area contributed by atoms with Crippen LogP contribution in [0.5, 0.6) is 0 Å². The van der Waals surface area contributed by atoms with E-state index in [4.69, 9.17) is 0 Å². The molecule has 0 aromatic carbocycles. The third-order valence-electron chi connectivity index (χ3n) is 3.64. The lowest BCUT2D eigenvalue weighted by Gasteiger charge is -2.25. The molecular weight excluding hydrogens is 310 g/mol. The number of aliphatic hydroxyl groups is 1. The lowest BCUT2D eigenvalue weighted by Crippen LogP contribution is -2.53. The molecule has 0 bridgehead atoms. The first kappa shape index (κ1) is 19.9. The van der Waals surface area contributed by atoms with E-state index in [0.717, 1.165) is 0 Å². The summed E-state index contributed by atoms with van der Waals surface area (Å²) in [5, 5.41) is 14.8. The Bertz CT molecular complexity index is 566. The molecule has 0 aliphatic rings. The Labute approximate surface area is 142 Å². The highest BCUT2D eigenvalue weighted by molar-refractivity contribution is 5.97. The van der Waals surface area contributed by atoms with Crippen molar-refractivity contribution in [2.24, 2.45) is 11.8 Å². The maximum atomic E-state index is 12.5. The van der Waals surface area contributed by atoms with Crippen LogP contribution in [-0.2, 0) is 4.79 Å². The third-order valence-corrected chi connectivity index (χ3v) is 3.64. The SMILES string of the molecule is CC(C)C[C@@H](CO)NC(=O)[C@@H](NC(=O)c1ccc(C=O)[nH]1)C(C)C. The van der Waals surface area contributed by atoms with Crippen LogP contribution in [0, 0.1) is 11.8 Å². The van der Waals surface area contributed by atoms with Gasteiger partial charge in [0, 0.05) is 0 Å². The van der Waals surface area contributed by atoms with Crippen LogP contribution in [0.15, 0.2) is 12.1 Å². The molecule has 0 saturated carbocycles. The molecule has 7 heteroatoms. The summed E-state index contributed by atoms with van der Waals surface area (Å²) in [6.07, 6.45) is 1.27. The summed E-state index contributed by atoms with van der Waals surface area (Å²) in [5.74, 6) is -0.593. The second-order valence-corrected chi connectivity index (χ2v) is 6.66. The molecule has 2 amide bonds. The van der Waals surface area contributed by atoms with Gasteiger partial charge in [0.2, 0.25) is 5.91 Å². The van der Waals surface area contributed by atoms with Gasteiger partial charge in [-0.15, -0.1) is 0 Å². The number of aromatic nitrogens is 1. The smallest absolute Gasteiger partial charge is 0.268 e. The maximum absolute atomic E-state index is 12.5. The van der Waals surface area contributed by atoms with E-state index >= 15 is 0 Å². The first-order valence-electron chi connectivity index (χ1n) is 8.14. The first-order valence-corrected chi connectivity index (χ1v) is 8.14. The molecule has 0 saturated heterocycles. The third kappa shape index (κ3) is 5.81. The number of hydrogen-bond donors (Lipinski definition) is 4. The number of nitrogens with one attached hydrogen (secondary N) is 3. The monoisotopic (exact) mass is 337 g/mol. The maximum Gasteiger partial charge on any atom is 0.268 e. The Morgan fingerprint density at radius 1 is 1.21 bits per heavy atom. The van der Waals surface area contributed by atoms with Gasteiger partial charge in [-0.05, 0) is 30.4 Å². The van der Waals surface area contributed by atoms with Crippen LogP contribution in [-0.4, -0.2) is 46.9 Å². The summed E-state index contributed by atoms with van der Waals surface area (Å²) < 4.78 is 0. The van der Waals surface area contributed by atoms with Crippen LogP contribution < -0.4 is 10.6 Å². The van der Waals surface area contributed by atoms with E-state index in [-0.39, 0.29) is 30.2 Å². The van der Waals surface area contributed by atoms with Gasteiger partial charge in [0.15, 0.2) is 6.29 Å². The molecular formula is C17H27N3O4. The number of amides is 2. The number of hydrogen-bond acceptors (Lipinski definition) is 4. The molecule has 7 nitrogen and oxygen atoms in total. The van der Waals surface area contributed by atoms with Crippen molar-refractivity contribution >= 4 is 18.1 Å². The summed E-state index contributed by atoms with van der Waals surface area (Å²) in [6.45, 7) is 7.51. The summed E-state index contributed by atoms with van der Waals surface area (Å²) in [5.41, 5.74) is 0.513.